The van der Waals surface area contributed by atoms with Crippen LogP contribution in [-0.4, -0.2) is 29.8 Å². The molecule has 0 atom stereocenters. The minimum atomic E-state index is -0.613. The van der Waals surface area contributed by atoms with Gasteiger partial charge in [-0.1, -0.05) is 0 Å². The molecule has 0 unspecified atom stereocenters. The van der Waals surface area contributed by atoms with Gasteiger partial charge in [0.05, 0.1) is 6.61 Å². The number of amides is 1. The fraction of sp³-hybridized carbons (Fsp3) is 0.667. The highest BCUT2D eigenvalue weighted by Gasteiger charge is 2.04. The zero-order chi connectivity index (χ0) is 9.40. The van der Waals surface area contributed by atoms with E-state index in [0.717, 1.165) is 0 Å². The van der Waals surface area contributed by atoms with Crippen LogP contribution in [0.5, 0.6) is 0 Å². The van der Waals surface area contributed by atoms with Gasteiger partial charge in [0.15, 0.2) is 0 Å². The summed E-state index contributed by atoms with van der Waals surface area (Å²) in [4.78, 5) is 21.3. The Balaban J connectivity index is 3.40. The molecule has 0 radical (unpaired) electrons. The molecule has 70 valence electrons. The van der Waals surface area contributed by atoms with Gasteiger partial charge in [-0.15, -0.1) is 0 Å². The number of esters is 1. The average Bonchev–Trinajstić information content (AvgIpc) is 2.02. The lowest BCUT2D eigenvalue weighted by Crippen LogP contribution is -2.30. The Morgan fingerprint density at radius 1 is 1.42 bits per heavy atom. The highest BCUT2D eigenvalue weighted by atomic mass is 127. The molecule has 0 heterocycles. The number of ether oxygens (including phenoxy) is 2. The number of nitrogens with one attached hydrogen (secondary N) is 1. The SMILES string of the molecule is CCOC(=O)CNC(=O)OCI. The topological polar surface area (TPSA) is 64.6 Å². The van der Waals surface area contributed by atoms with Gasteiger partial charge in [0, 0.05) is 0 Å². The quantitative estimate of drug-likeness (QED) is 0.469. The Kier molecular flexibility index (Phi) is 6.82. The molecule has 6 heteroatoms. The smallest absolute Gasteiger partial charge is 0.408 e. The van der Waals surface area contributed by atoms with Crippen molar-refractivity contribution in [1.82, 2.24) is 5.32 Å². The van der Waals surface area contributed by atoms with E-state index in [1.807, 2.05) is 22.6 Å². The van der Waals surface area contributed by atoms with Crippen LogP contribution in [-0.2, 0) is 14.3 Å². The van der Waals surface area contributed by atoms with Crippen LogP contribution in [0.15, 0.2) is 0 Å². The monoisotopic (exact) mass is 287 g/mol. The molecule has 0 aromatic heterocycles. The number of hydrogen-bond donors (Lipinski definition) is 1. The zero-order valence-electron chi connectivity index (χ0n) is 6.63. The number of hydrogen-bond acceptors (Lipinski definition) is 4. The average molecular weight is 287 g/mol. The van der Waals surface area contributed by atoms with Gasteiger partial charge in [-0.25, -0.2) is 4.79 Å². The molecule has 0 saturated carbocycles. The molecule has 0 bridgehead atoms. The summed E-state index contributed by atoms with van der Waals surface area (Å²) in [6, 6.07) is 0. The molecule has 0 aromatic carbocycles. The van der Waals surface area contributed by atoms with Crippen molar-refractivity contribution in [3.05, 3.63) is 0 Å². The standard InChI is InChI=1S/C6H10INO4/c1-2-11-5(9)3-8-6(10)12-4-7/h2-4H2,1H3,(H,8,10). The van der Waals surface area contributed by atoms with Crippen LogP contribution in [0.2, 0.25) is 0 Å². The number of halogens is 1. The maximum absolute atomic E-state index is 10.7. The Morgan fingerprint density at radius 3 is 2.58 bits per heavy atom. The predicted octanol–water partition coefficient (Wildman–Crippen LogP) is 0.668. The van der Waals surface area contributed by atoms with E-state index in [0.29, 0.717) is 6.61 Å². The van der Waals surface area contributed by atoms with Crippen molar-refractivity contribution in [3.8, 4) is 0 Å². The Labute approximate surface area is 83.9 Å². The van der Waals surface area contributed by atoms with E-state index < -0.39 is 12.1 Å². The van der Waals surface area contributed by atoms with Crippen LogP contribution in [0.1, 0.15) is 6.92 Å². The fourth-order valence-corrected chi connectivity index (χ4v) is 0.740. The summed E-state index contributed by atoms with van der Waals surface area (Å²) in [7, 11) is 0. The molecule has 1 amide bonds. The molecule has 0 aliphatic heterocycles. The minimum absolute atomic E-state index is 0.149. The summed E-state index contributed by atoms with van der Waals surface area (Å²) in [6.45, 7) is 1.85. The molecule has 5 nitrogen and oxygen atoms in total. The largest absolute Gasteiger partial charge is 0.465 e. The van der Waals surface area contributed by atoms with E-state index in [9.17, 15) is 9.59 Å². The van der Waals surface area contributed by atoms with Gasteiger partial charge < -0.3 is 14.8 Å². The third-order valence-corrected chi connectivity index (χ3v) is 1.18. The molecule has 0 saturated heterocycles. The van der Waals surface area contributed by atoms with Crippen molar-refractivity contribution in [1.29, 1.82) is 0 Å². The van der Waals surface area contributed by atoms with E-state index in [4.69, 9.17) is 0 Å². The highest BCUT2D eigenvalue weighted by molar-refractivity contribution is 14.1. The van der Waals surface area contributed by atoms with Crippen LogP contribution >= 0.6 is 22.6 Å². The van der Waals surface area contributed by atoms with Crippen molar-refractivity contribution in [2.45, 2.75) is 6.92 Å². The van der Waals surface area contributed by atoms with Gasteiger partial charge in [-0.05, 0) is 29.5 Å². The van der Waals surface area contributed by atoms with Crippen LogP contribution < -0.4 is 5.32 Å². The number of carbonyl (C=O) groups is 2. The first kappa shape index (κ1) is 11.5. The van der Waals surface area contributed by atoms with Crippen molar-refractivity contribution in [2.24, 2.45) is 0 Å². The molecule has 12 heavy (non-hydrogen) atoms. The van der Waals surface area contributed by atoms with E-state index in [-0.39, 0.29) is 11.2 Å². The van der Waals surface area contributed by atoms with E-state index in [1.54, 1.807) is 6.92 Å². The Bertz CT molecular complexity index is 144. The third kappa shape index (κ3) is 6.20. The molecule has 1 N–H and O–H groups in total. The lowest BCUT2D eigenvalue weighted by molar-refractivity contribution is -0.141. The van der Waals surface area contributed by atoms with Crippen LogP contribution in [0.25, 0.3) is 0 Å². The molecular formula is C6H10INO4. The molecular weight excluding hydrogens is 277 g/mol. The first-order chi connectivity index (χ1) is 5.70. The van der Waals surface area contributed by atoms with Crippen LogP contribution in [0.4, 0.5) is 4.79 Å². The Morgan fingerprint density at radius 2 is 2.08 bits per heavy atom. The maximum atomic E-state index is 10.7. The lowest BCUT2D eigenvalue weighted by Gasteiger charge is -2.03. The molecule has 0 spiro atoms. The summed E-state index contributed by atoms with van der Waals surface area (Å²) in [5, 5.41) is 2.23. The number of rotatable bonds is 4. The second-order valence-electron chi connectivity index (χ2n) is 1.70. The summed E-state index contributed by atoms with van der Waals surface area (Å²) in [6.07, 6.45) is -0.613. The maximum Gasteiger partial charge on any atom is 0.408 e. The molecule has 0 fully saturated rings. The molecule has 0 aliphatic carbocycles. The molecule has 0 aliphatic rings. The predicted molar refractivity (Wildman–Crippen MR) is 50.0 cm³/mol. The first-order valence-electron chi connectivity index (χ1n) is 3.33. The van der Waals surface area contributed by atoms with E-state index in [2.05, 4.69) is 14.8 Å². The normalized spacial score (nSPS) is 8.83. The second kappa shape index (κ2) is 7.14. The lowest BCUT2D eigenvalue weighted by atomic mass is 10.6. The Hall–Kier alpha value is -0.530. The summed E-state index contributed by atoms with van der Waals surface area (Å²) in [5.41, 5.74) is 0. The van der Waals surface area contributed by atoms with Crippen LogP contribution in [0, 0.1) is 0 Å². The van der Waals surface area contributed by atoms with Gasteiger partial charge >= 0.3 is 12.1 Å². The highest BCUT2D eigenvalue weighted by Crippen LogP contribution is 1.84. The summed E-state index contributed by atoms with van der Waals surface area (Å²) < 4.78 is 9.31. The second-order valence-corrected chi connectivity index (χ2v) is 2.32. The number of carbonyl (C=O) groups excluding carboxylic acids is 2. The van der Waals surface area contributed by atoms with Crippen molar-refractivity contribution >= 4 is 34.7 Å². The van der Waals surface area contributed by atoms with Crippen LogP contribution in [0.3, 0.4) is 0 Å². The molecule has 0 rings (SSSR count). The van der Waals surface area contributed by atoms with Crippen molar-refractivity contribution < 1.29 is 19.1 Å². The van der Waals surface area contributed by atoms with Gasteiger partial charge in [0.1, 0.15) is 11.2 Å². The number of alkyl halides is 1. The molecule has 0 aromatic rings. The van der Waals surface area contributed by atoms with Gasteiger partial charge in [-0.3, -0.25) is 4.79 Å². The summed E-state index contributed by atoms with van der Waals surface area (Å²) >= 11 is 1.88. The van der Waals surface area contributed by atoms with Gasteiger partial charge in [-0.2, -0.15) is 0 Å². The first-order valence-corrected chi connectivity index (χ1v) is 4.85. The number of alkyl carbamates (subject to hydrolysis) is 1. The van der Waals surface area contributed by atoms with Crippen molar-refractivity contribution in [2.75, 3.05) is 17.8 Å². The van der Waals surface area contributed by atoms with Gasteiger partial charge in [0.25, 0.3) is 0 Å². The minimum Gasteiger partial charge on any atom is -0.465 e. The fourth-order valence-electron chi connectivity index (χ4n) is 0.457. The zero-order valence-corrected chi connectivity index (χ0v) is 8.79. The van der Waals surface area contributed by atoms with E-state index >= 15 is 0 Å². The van der Waals surface area contributed by atoms with Gasteiger partial charge in [0.2, 0.25) is 0 Å². The summed E-state index contributed by atoms with van der Waals surface area (Å²) in [5.74, 6) is -0.470. The van der Waals surface area contributed by atoms with Crippen molar-refractivity contribution in [3.63, 3.8) is 0 Å². The van der Waals surface area contributed by atoms with E-state index in [1.165, 1.54) is 0 Å². The third-order valence-electron chi connectivity index (χ3n) is 0.868.